The number of benzene rings is 2. The van der Waals surface area contributed by atoms with Crippen LogP contribution in [0, 0.1) is 5.92 Å². The molecule has 4 atom stereocenters. The number of nitrogens with zero attached hydrogens (tertiary/aromatic N) is 2. The molecule has 1 saturated heterocycles. The topological polar surface area (TPSA) is 89.0 Å². The molecule has 1 radical (unpaired) electrons. The van der Waals surface area contributed by atoms with Gasteiger partial charge in [0.1, 0.15) is 6.61 Å². The molecule has 0 bridgehead atoms. The van der Waals surface area contributed by atoms with Gasteiger partial charge in [0.05, 0.1) is 35.4 Å². The second-order valence-corrected chi connectivity index (χ2v) is 14.4. The van der Waals surface area contributed by atoms with E-state index in [0.29, 0.717) is 12.1 Å². The summed E-state index contributed by atoms with van der Waals surface area (Å²) < 4.78 is 11.8. The fourth-order valence-corrected chi connectivity index (χ4v) is 5.65. The number of imide groups is 1. The number of amides is 2. The average molecular weight is 560 g/mol. The van der Waals surface area contributed by atoms with Crippen molar-refractivity contribution in [2.45, 2.75) is 70.9 Å². The zero-order chi connectivity index (χ0) is 29.0. The zero-order valence-corrected chi connectivity index (χ0v) is 25.1. The van der Waals surface area contributed by atoms with Gasteiger partial charge in [-0.2, -0.15) is 0 Å². The Morgan fingerprint density at radius 3 is 2.55 bits per heavy atom. The standard InChI is InChI=1S/C32H39N2O5Si/c1-21(35)28-17-15-25-14-12-24(19-29(25)33-28)13-16-27(22(2)39-40(6)32(3,4)5)30(36)34-26(20-38-31(34)37)18-23-10-8-7-9-11-23/h7-17,19,21-22,26-27,35H,18,20H2,1-6H3/b16-13+/t21-,22+,26-,27-/m1/s1. The third kappa shape index (κ3) is 7.05. The normalized spacial score (nSPS) is 18.4. The molecule has 3 aromatic rings. The summed E-state index contributed by atoms with van der Waals surface area (Å²) in [5, 5.41) is 10.9. The van der Waals surface area contributed by atoms with Crippen LogP contribution in [0.25, 0.3) is 17.0 Å². The van der Waals surface area contributed by atoms with Crippen LogP contribution in [0.1, 0.15) is 57.5 Å². The Kier molecular flexibility index (Phi) is 9.23. The van der Waals surface area contributed by atoms with E-state index in [1.807, 2.05) is 79.7 Å². The molecule has 1 aliphatic rings. The molecule has 1 N–H and O–H groups in total. The number of carbonyl (C=O) groups excluding carboxylic acids is 2. The number of pyridine rings is 1. The number of ether oxygens (including phenoxy) is 1. The van der Waals surface area contributed by atoms with Gasteiger partial charge in [-0.15, -0.1) is 0 Å². The van der Waals surface area contributed by atoms with E-state index in [9.17, 15) is 14.7 Å². The summed E-state index contributed by atoms with van der Waals surface area (Å²) >= 11 is 0. The summed E-state index contributed by atoms with van der Waals surface area (Å²) in [4.78, 5) is 32.7. The van der Waals surface area contributed by atoms with Gasteiger partial charge in [0.25, 0.3) is 0 Å². The minimum absolute atomic E-state index is 0.0236. The first-order valence-corrected chi connectivity index (χ1v) is 15.7. The minimum Gasteiger partial charge on any atom is -0.447 e. The lowest BCUT2D eigenvalue weighted by molar-refractivity contribution is -0.134. The number of aliphatic hydroxyl groups is 1. The molecule has 0 spiro atoms. The summed E-state index contributed by atoms with van der Waals surface area (Å²) in [7, 11) is -1.26. The van der Waals surface area contributed by atoms with E-state index in [1.54, 1.807) is 6.92 Å². The van der Waals surface area contributed by atoms with Crippen LogP contribution in [-0.4, -0.2) is 54.8 Å². The van der Waals surface area contributed by atoms with Crippen molar-refractivity contribution in [1.82, 2.24) is 9.88 Å². The summed E-state index contributed by atoms with van der Waals surface area (Å²) in [5.41, 5.74) is 3.24. The van der Waals surface area contributed by atoms with E-state index < -0.39 is 33.3 Å². The molecular weight excluding hydrogens is 520 g/mol. The molecular formula is C32H39N2O5Si. The van der Waals surface area contributed by atoms with Crippen molar-refractivity contribution >= 4 is 38.0 Å². The molecule has 2 amide bonds. The zero-order valence-electron chi connectivity index (χ0n) is 24.1. The number of fused-ring (bicyclic) bond motifs is 1. The first-order valence-electron chi connectivity index (χ1n) is 13.8. The highest BCUT2D eigenvalue weighted by Gasteiger charge is 2.42. The number of aliphatic hydroxyl groups excluding tert-OH is 1. The molecule has 7 nitrogen and oxygen atoms in total. The van der Waals surface area contributed by atoms with Crippen molar-refractivity contribution in [1.29, 1.82) is 0 Å². The first-order chi connectivity index (χ1) is 18.9. The molecule has 0 aliphatic carbocycles. The highest BCUT2D eigenvalue weighted by atomic mass is 28.3. The third-order valence-corrected chi connectivity index (χ3v) is 10.2. The quantitative estimate of drug-likeness (QED) is 0.308. The van der Waals surface area contributed by atoms with Crippen LogP contribution in [0.15, 0.2) is 66.7 Å². The van der Waals surface area contributed by atoms with Crippen LogP contribution in [0.3, 0.4) is 0 Å². The Morgan fingerprint density at radius 2 is 1.88 bits per heavy atom. The monoisotopic (exact) mass is 559 g/mol. The Balaban J connectivity index is 1.64. The summed E-state index contributed by atoms with van der Waals surface area (Å²) in [6, 6.07) is 19.0. The highest BCUT2D eigenvalue weighted by Crippen LogP contribution is 2.31. The largest absolute Gasteiger partial charge is 0.447 e. The molecule has 1 aromatic heterocycles. The third-order valence-electron chi connectivity index (χ3n) is 7.38. The van der Waals surface area contributed by atoms with E-state index in [4.69, 9.17) is 9.16 Å². The lowest BCUT2D eigenvalue weighted by atomic mass is 9.98. The Morgan fingerprint density at radius 1 is 1.18 bits per heavy atom. The van der Waals surface area contributed by atoms with Crippen LogP contribution >= 0.6 is 0 Å². The lowest BCUT2D eigenvalue weighted by Gasteiger charge is -2.32. The minimum atomic E-state index is -1.26. The molecule has 2 heterocycles. The molecule has 40 heavy (non-hydrogen) atoms. The van der Waals surface area contributed by atoms with Gasteiger partial charge in [-0.05, 0) is 55.1 Å². The van der Waals surface area contributed by atoms with Gasteiger partial charge in [0.2, 0.25) is 14.9 Å². The van der Waals surface area contributed by atoms with Crippen molar-refractivity contribution < 1.29 is 23.9 Å². The highest BCUT2D eigenvalue weighted by molar-refractivity contribution is 6.53. The Labute approximate surface area is 238 Å². The average Bonchev–Trinajstić information content (AvgIpc) is 3.27. The van der Waals surface area contributed by atoms with Crippen molar-refractivity contribution in [3.05, 3.63) is 83.6 Å². The number of aromatic nitrogens is 1. The van der Waals surface area contributed by atoms with Crippen molar-refractivity contribution in [3.63, 3.8) is 0 Å². The molecule has 2 aromatic carbocycles. The van der Waals surface area contributed by atoms with Crippen LogP contribution < -0.4 is 0 Å². The Hall–Kier alpha value is -3.33. The van der Waals surface area contributed by atoms with E-state index >= 15 is 0 Å². The predicted molar refractivity (Wildman–Crippen MR) is 159 cm³/mol. The number of hydrogen-bond donors (Lipinski definition) is 1. The molecule has 4 rings (SSSR count). The smallest absolute Gasteiger partial charge is 0.417 e. The van der Waals surface area contributed by atoms with Gasteiger partial charge in [-0.25, -0.2) is 9.69 Å². The first kappa shape index (κ1) is 29.6. The second kappa shape index (κ2) is 12.5. The number of hydrogen-bond acceptors (Lipinski definition) is 6. The van der Waals surface area contributed by atoms with Crippen LogP contribution in [0.4, 0.5) is 4.79 Å². The molecule has 8 heteroatoms. The fourth-order valence-electron chi connectivity index (χ4n) is 4.60. The van der Waals surface area contributed by atoms with Gasteiger partial charge in [0, 0.05) is 5.39 Å². The molecule has 0 unspecified atom stereocenters. The SMILES string of the molecule is C[C@H](O[Si](C)C(C)(C)C)[C@@H](/C=C/c1ccc2ccc([C@@H](C)O)nc2c1)C(=O)N1C(=O)OC[C@H]1Cc1ccccc1. The summed E-state index contributed by atoms with van der Waals surface area (Å²) in [6.45, 7) is 12.3. The van der Waals surface area contributed by atoms with Crippen LogP contribution in [0.2, 0.25) is 11.6 Å². The van der Waals surface area contributed by atoms with Crippen molar-refractivity contribution in [3.8, 4) is 0 Å². The molecule has 1 fully saturated rings. The van der Waals surface area contributed by atoms with E-state index in [-0.39, 0.29) is 23.6 Å². The molecule has 0 saturated carbocycles. The molecule has 211 valence electrons. The van der Waals surface area contributed by atoms with Crippen molar-refractivity contribution in [2.24, 2.45) is 5.92 Å². The van der Waals surface area contributed by atoms with Crippen LogP contribution in [-0.2, 0) is 20.4 Å². The van der Waals surface area contributed by atoms with Gasteiger partial charge < -0.3 is 14.3 Å². The maximum Gasteiger partial charge on any atom is 0.417 e. The summed E-state index contributed by atoms with van der Waals surface area (Å²) in [6.07, 6.45) is 2.50. The number of carbonyl (C=O) groups is 2. The number of rotatable bonds is 9. The maximum absolute atomic E-state index is 14.0. The van der Waals surface area contributed by atoms with Gasteiger partial charge in [-0.1, -0.05) is 81.5 Å². The summed E-state index contributed by atoms with van der Waals surface area (Å²) in [5.74, 6) is -1.02. The number of cyclic esters (lactones) is 1. The van der Waals surface area contributed by atoms with Gasteiger partial charge in [-0.3, -0.25) is 9.78 Å². The van der Waals surface area contributed by atoms with Crippen LogP contribution in [0.5, 0.6) is 0 Å². The van der Waals surface area contributed by atoms with Gasteiger partial charge >= 0.3 is 6.09 Å². The fraction of sp³-hybridized carbons (Fsp3) is 0.406. The molecule has 1 aliphatic heterocycles. The predicted octanol–water partition coefficient (Wildman–Crippen LogP) is 6.33. The van der Waals surface area contributed by atoms with E-state index in [0.717, 1.165) is 22.0 Å². The van der Waals surface area contributed by atoms with Gasteiger partial charge in [0.15, 0.2) is 0 Å². The second-order valence-electron chi connectivity index (χ2n) is 11.5. The maximum atomic E-state index is 14.0. The van der Waals surface area contributed by atoms with E-state index in [1.165, 1.54) is 4.90 Å². The van der Waals surface area contributed by atoms with E-state index in [2.05, 4.69) is 32.3 Å². The Bertz CT molecular complexity index is 1370. The van der Waals surface area contributed by atoms with Crippen molar-refractivity contribution in [2.75, 3.05) is 6.61 Å². The lowest BCUT2D eigenvalue weighted by Crippen LogP contribution is -2.47.